The van der Waals surface area contributed by atoms with Crippen LogP contribution in [0.25, 0.3) is 0 Å². The smallest absolute Gasteiger partial charge is 0.168 e. The molecule has 1 saturated carbocycles. The van der Waals surface area contributed by atoms with Crippen molar-refractivity contribution in [1.29, 1.82) is 0 Å². The van der Waals surface area contributed by atoms with E-state index in [0.717, 1.165) is 31.4 Å². The topological polar surface area (TPSA) is 37.3 Å². The molecule has 0 aliphatic heterocycles. The van der Waals surface area contributed by atoms with E-state index in [4.69, 9.17) is 0 Å². The van der Waals surface area contributed by atoms with Crippen LogP contribution in [-0.2, 0) is 11.2 Å². The zero-order valence-electron chi connectivity index (χ0n) is 10.1. The van der Waals surface area contributed by atoms with Crippen LogP contribution >= 0.6 is 0 Å². The van der Waals surface area contributed by atoms with Crippen LogP contribution in [0, 0.1) is 11.6 Å². The van der Waals surface area contributed by atoms with Gasteiger partial charge in [-0.05, 0) is 24.5 Å². The predicted octanol–water partition coefficient (Wildman–Crippen LogP) is 2.77. The Morgan fingerprint density at radius 2 is 1.89 bits per heavy atom. The van der Waals surface area contributed by atoms with Gasteiger partial charge in [0, 0.05) is 12.5 Å². The minimum absolute atomic E-state index is 0.139. The monoisotopic (exact) mass is 254 g/mol. The van der Waals surface area contributed by atoms with Gasteiger partial charge in [-0.15, -0.1) is 0 Å². The Hall–Kier alpha value is -1.29. The summed E-state index contributed by atoms with van der Waals surface area (Å²) in [5.74, 6) is -1.77. The first kappa shape index (κ1) is 13.1. The third kappa shape index (κ3) is 2.75. The molecule has 0 unspecified atom stereocenters. The van der Waals surface area contributed by atoms with Gasteiger partial charge in [0.1, 0.15) is 17.2 Å². The van der Waals surface area contributed by atoms with Crippen LogP contribution < -0.4 is 0 Å². The number of hydrogen-bond acceptors (Lipinski definition) is 2. The molecule has 0 aromatic heterocycles. The van der Waals surface area contributed by atoms with Crippen LogP contribution in [0.15, 0.2) is 18.2 Å². The Morgan fingerprint density at radius 1 is 1.22 bits per heavy atom. The number of halogens is 2. The van der Waals surface area contributed by atoms with Crippen LogP contribution in [0.4, 0.5) is 8.78 Å². The molecule has 1 aromatic carbocycles. The summed E-state index contributed by atoms with van der Waals surface area (Å²) < 4.78 is 26.2. The summed E-state index contributed by atoms with van der Waals surface area (Å²) in [6.45, 7) is 0. The van der Waals surface area contributed by atoms with Crippen molar-refractivity contribution < 1.29 is 18.7 Å². The molecule has 0 spiro atoms. The van der Waals surface area contributed by atoms with Crippen molar-refractivity contribution in [2.75, 3.05) is 0 Å². The zero-order chi connectivity index (χ0) is 13.2. The number of benzene rings is 1. The first-order valence-corrected chi connectivity index (χ1v) is 6.21. The van der Waals surface area contributed by atoms with Crippen molar-refractivity contribution in [2.24, 2.45) is 0 Å². The second-order valence-corrected chi connectivity index (χ2v) is 4.93. The summed E-state index contributed by atoms with van der Waals surface area (Å²) in [5.41, 5.74) is -1.18. The maximum atomic E-state index is 13.4. The minimum Gasteiger partial charge on any atom is -0.382 e. The molecule has 18 heavy (non-hydrogen) atoms. The van der Waals surface area contributed by atoms with Crippen molar-refractivity contribution in [3.05, 3.63) is 35.4 Å². The summed E-state index contributed by atoms with van der Waals surface area (Å²) in [5, 5.41) is 10.2. The molecule has 2 nitrogen and oxygen atoms in total. The lowest BCUT2D eigenvalue weighted by Gasteiger charge is -2.30. The highest BCUT2D eigenvalue weighted by Gasteiger charge is 2.36. The molecule has 4 heteroatoms. The Bertz CT molecular complexity index is 451. The molecule has 1 aliphatic rings. The van der Waals surface area contributed by atoms with Gasteiger partial charge in [0.05, 0.1) is 0 Å². The Labute approximate surface area is 105 Å². The fourth-order valence-electron chi connectivity index (χ4n) is 2.42. The highest BCUT2D eigenvalue weighted by atomic mass is 19.1. The first-order valence-electron chi connectivity index (χ1n) is 6.21. The third-order valence-corrected chi connectivity index (χ3v) is 3.57. The van der Waals surface area contributed by atoms with Crippen molar-refractivity contribution >= 4 is 5.78 Å². The van der Waals surface area contributed by atoms with E-state index in [1.54, 1.807) is 0 Å². The molecule has 0 bridgehead atoms. The van der Waals surface area contributed by atoms with E-state index in [-0.39, 0.29) is 17.8 Å². The average molecular weight is 254 g/mol. The molecule has 0 heterocycles. The number of carbonyl (C=O) groups is 1. The largest absolute Gasteiger partial charge is 0.382 e. The van der Waals surface area contributed by atoms with Gasteiger partial charge in [-0.1, -0.05) is 25.3 Å². The Kier molecular flexibility index (Phi) is 3.76. The van der Waals surface area contributed by atoms with Crippen LogP contribution in [0.5, 0.6) is 0 Å². The van der Waals surface area contributed by atoms with E-state index < -0.39 is 17.2 Å². The van der Waals surface area contributed by atoms with E-state index in [0.29, 0.717) is 12.8 Å². The van der Waals surface area contributed by atoms with Gasteiger partial charge in [-0.3, -0.25) is 4.79 Å². The third-order valence-electron chi connectivity index (χ3n) is 3.57. The lowest BCUT2D eigenvalue weighted by molar-refractivity contribution is -0.139. The second-order valence-electron chi connectivity index (χ2n) is 4.93. The molecule has 1 aromatic rings. The van der Waals surface area contributed by atoms with Crippen LogP contribution in [0.3, 0.4) is 0 Å². The lowest BCUT2D eigenvalue weighted by Crippen LogP contribution is -2.41. The number of aliphatic hydroxyl groups is 1. The average Bonchev–Trinajstić information content (AvgIpc) is 2.33. The molecule has 0 radical (unpaired) electrons. The summed E-state index contributed by atoms with van der Waals surface area (Å²) in [6, 6.07) is 3.14. The SMILES string of the molecule is O=C(Cc1ccc(F)cc1F)C1(O)CCCCC1. The summed E-state index contributed by atoms with van der Waals surface area (Å²) >= 11 is 0. The molecular weight excluding hydrogens is 238 g/mol. The van der Waals surface area contributed by atoms with Gasteiger partial charge < -0.3 is 5.11 Å². The maximum absolute atomic E-state index is 13.4. The summed E-state index contributed by atoms with van der Waals surface area (Å²) in [7, 11) is 0. The molecule has 98 valence electrons. The molecule has 1 fully saturated rings. The normalized spacial score (nSPS) is 18.6. The molecular formula is C14H16F2O2. The van der Waals surface area contributed by atoms with Gasteiger partial charge >= 0.3 is 0 Å². The predicted molar refractivity (Wildman–Crippen MR) is 63.1 cm³/mol. The number of carbonyl (C=O) groups excluding carboxylic acids is 1. The molecule has 0 atom stereocenters. The number of hydrogen-bond donors (Lipinski definition) is 1. The van der Waals surface area contributed by atoms with Gasteiger partial charge in [0.25, 0.3) is 0 Å². The van der Waals surface area contributed by atoms with Crippen molar-refractivity contribution in [3.8, 4) is 0 Å². The fraction of sp³-hybridized carbons (Fsp3) is 0.500. The van der Waals surface area contributed by atoms with Crippen LogP contribution in [0.2, 0.25) is 0 Å². The number of ketones is 1. The highest BCUT2D eigenvalue weighted by molar-refractivity contribution is 5.89. The number of rotatable bonds is 3. The van der Waals surface area contributed by atoms with Crippen LogP contribution in [0.1, 0.15) is 37.7 Å². The van der Waals surface area contributed by atoms with Crippen molar-refractivity contribution in [1.82, 2.24) is 0 Å². The zero-order valence-corrected chi connectivity index (χ0v) is 10.1. The summed E-state index contributed by atoms with van der Waals surface area (Å²) in [4.78, 5) is 12.0. The molecule has 1 aliphatic carbocycles. The molecule has 2 rings (SSSR count). The van der Waals surface area contributed by atoms with Gasteiger partial charge in [-0.2, -0.15) is 0 Å². The molecule has 0 amide bonds. The van der Waals surface area contributed by atoms with Gasteiger partial charge in [0.2, 0.25) is 0 Å². The lowest BCUT2D eigenvalue weighted by atomic mass is 9.80. The quantitative estimate of drug-likeness (QED) is 0.900. The van der Waals surface area contributed by atoms with Crippen LogP contribution in [-0.4, -0.2) is 16.5 Å². The van der Waals surface area contributed by atoms with Crippen molar-refractivity contribution in [3.63, 3.8) is 0 Å². The van der Waals surface area contributed by atoms with E-state index in [1.165, 1.54) is 6.07 Å². The van der Waals surface area contributed by atoms with E-state index in [1.807, 2.05) is 0 Å². The van der Waals surface area contributed by atoms with Crippen molar-refractivity contribution in [2.45, 2.75) is 44.1 Å². The molecule has 0 saturated heterocycles. The van der Waals surface area contributed by atoms with Gasteiger partial charge in [-0.25, -0.2) is 8.78 Å². The minimum atomic E-state index is -1.32. The van der Waals surface area contributed by atoms with E-state index >= 15 is 0 Å². The second kappa shape index (κ2) is 5.14. The summed E-state index contributed by atoms with van der Waals surface area (Å²) in [6.07, 6.45) is 3.34. The highest BCUT2D eigenvalue weighted by Crippen LogP contribution is 2.30. The van der Waals surface area contributed by atoms with E-state index in [2.05, 4.69) is 0 Å². The standard InChI is InChI=1S/C14H16F2O2/c15-11-5-4-10(12(16)9-11)8-13(17)14(18)6-2-1-3-7-14/h4-5,9,18H,1-3,6-8H2. The fourth-order valence-corrected chi connectivity index (χ4v) is 2.42. The Morgan fingerprint density at radius 3 is 2.50 bits per heavy atom. The maximum Gasteiger partial charge on any atom is 0.168 e. The molecule has 1 N–H and O–H groups in total. The van der Waals surface area contributed by atoms with E-state index in [9.17, 15) is 18.7 Å². The first-order chi connectivity index (χ1) is 8.51. The Balaban J connectivity index is 2.11. The van der Waals surface area contributed by atoms with Gasteiger partial charge in [0.15, 0.2) is 5.78 Å². The number of Topliss-reactive ketones (excluding diaryl/α,β-unsaturated/α-hetero) is 1.